The third kappa shape index (κ3) is 3.47. The van der Waals surface area contributed by atoms with E-state index in [0.717, 1.165) is 0 Å². The normalized spacial score (nSPS) is 15.2. The molecule has 3 N–H and O–H groups in total. The van der Waals surface area contributed by atoms with Crippen molar-refractivity contribution in [2.45, 2.75) is 24.3 Å². The molecular formula is C12H16N2O5S. The zero-order valence-corrected chi connectivity index (χ0v) is 12.0. The summed E-state index contributed by atoms with van der Waals surface area (Å²) in [6, 6.07) is 4.18. The van der Waals surface area contributed by atoms with Crippen molar-refractivity contribution >= 4 is 21.6 Å². The molecule has 0 aliphatic carbocycles. The van der Waals surface area contributed by atoms with Gasteiger partial charge in [-0.15, -0.1) is 0 Å². The minimum Gasteiger partial charge on any atom is -0.482 e. The number of nitrogens with one attached hydrogen (secondary N) is 2. The van der Waals surface area contributed by atoms with E-state index in [1.807, 2.05) is 0 Å². The Balaban J connectivity index is 2.24. The molecular weight excluding hydrogens is 284 g/mol. The molecule has 1 aliphatic heterocycles. The van der Waals surface area contributed by atoms with Gasteiger partial charge in [0.15, 0.2) is 6.61 Å². The molecule has 0 fully saturated rings. The van der Waals surface area contributed by atoms with Gasteiger partial charge < -0.3 is 15.2 Å². The van der Waals surface area contributed by atoms with Gasteiger partial charge in [0.2, 0.25) is 10.0 Å². The molecule has 1 aromatic rings. The Bertz CT molecular complexity index is 634. The van der Waals surface area contributed by atoms with E-state index in [1.54, 1.807) is 0 Å². The largest absolute Gasteiger partial charge is 0.482 e. The molecule has 0 spiro atoms. The minimum atomic E-state index is -3.76. The topological polar surface area (TPSA) is 105 Å². The van der Waals surface area contributed by atoms with Gasteiger partial charge in [0.25, 0.3) is 5.91 Å². The second-order valence-corrected chi connectivity index (χ2v) is 6.90. The van der Waals surface area contributed by atoms with Crippen molar-refractivity contribution in [2.75, 3.05) is 18.5 Å². The van der Waals surface area contributed by atoms with Crippen LogP contribution >= 0.6 is 0 Å². The SMILES string of the molecule is CC(C)(O)CNS(=O)(=O)c1ccc2c(c1)NC(=O)CO2. The number of carbonyl (C=O) groups excluding carboxylic acids is 1. The molecule has 0 saturated carbocycles. The zero-order chi connectivity index (χ0) is 15.0. The summed E-state index contributed by atoms with van der Waals surface area (Å²) in [5.41, 5.74) is -0.842. The molecule has 0 aromatic heterocycles. The molecule has 0 atom stereocenters. The van der Waals surface area contributed by atoms with Crippen molar-refractivity contribution in [2.24, 2.45) is 0 Å². The number of sulfonamides is 1. The fraction of sp³-hybridized carbons (Fsp3) is 0.417. The van der Waals surface area contributed by atoms with Crippen LogP contribution in [-0.2, 0) is 14.8 Å². The quantitative estimate of drug-likeness (QED) is 0.729. The summed E-state index contributed by atoms with van der Waals surface area (Å²) in [5, 5.41) is 12.1. The molecule has 1 aromatic carbocycles. The van der Waals surface area contributed by atoms with Gasteiger partial charge in [0.05, 0.1) is 16.2 Å². The summed E-state index contributed by atoms with van der Waals surface area (Å²) < 4.78 is 31.6. The van der Waals surface area contributed by atoms with Gasteiger partial charge in [-0.2, -0.15) is 0 Å². The Morgan fingerprint density at radius 2 is 2.15 bits per heavy atom. The van der Waals surface area contributed by atoms with Crippen LogP contribution in [0.2, 0.25) is 0 Å². The van der Waals surface area contributed by atoms with E-state index in [2.05, 4.69) is 10.0 Å². The van der Waals surface area contributed by atoms with E-state index in [1.165, 1.54) is 32.0 Å². The first-order valence-electron chi connectivity index (χ1n) is 5.96. The monoisotopic (exact) mass is 300 g/mol. The minimum absolute atomic E-state index is 0.00806. The van der Waals surface area contributed by atoms with Crippen LogP contribution in [0, 0.1) is 0 Å². The number of anilines is 1. The number of hydrogen-bond donors (Lipinski definition) is 3. The van der Waals surface area contributed by atoms with Gasteiger partial charge in [0, 0.05) is 6.54 Å². The average molecular weight is 300 g/mol. The lowest BCUT2D eigenvalue weighted by atomic mass is 10.1. The molecule has 0 unspecified atom stereocenters. The Kier molecular flexibility index (Phi) is 3.72. The first kappa shape index (κ1) is 14.8. The third-order valence-corrected chi connectivity index (χ3v) is 3.99. The molecule has 0 radical (unpaired) electrons. The Labute approximate surface area is 117 Å². The second kappa shape index (κ2) is 5.04. The second-order valence-electron chi connectivity index (χ2n) is 5.13. The number of hydrogen-bond acceptors (Lipinski definition) is 5. The summed E-state index contributed by atoms with van der Waals surface area (Å²) in [4.78, 5) is 11.2. The Hall–Kier alpha value is -1.64. The van der Waals surface area contributed by atoms with E-state index in [4.69, 9.17) is 4.74 Å². The number of amides is 1. The van der Waals surface area contributed by atoms with Crippen LogP contribution in [-0.4, -0.2) is 38.2 Å². The highest BCUT2D eigenvalue weighted by Gasteiger charge is 2.23. The molecule has 1 amide bonds. The van der Waals surface area contributed by atoms with Gasteiger partial charge in [-0.3, -0.25) is 4.79 Å². The average Bonchev–Trinajstić information content (AvgIpc) is 2.35. The Morgan fingerprint density at radius 3 is 2.80 bits per heavy atom. The molecule has 0 saturated heterocycles. The number of carbonyl (C=O) groups is 1. The van der Waals surface area contributed by atoms with Gasteiger partial charge in [-0.25, -0.2) is 13.1 Å². The van der Waals surface area contributed by atoms with Crippen molar-refractivity contribution < 1.29 is 23.1 Å². The number of rotatable bonds is 4. The lowest BCUT2D eigenvalue weighted by Gasteiger charge is -2.20. The standard InChI is InChI=1S/C12H16N2O5S/c1-12(2,16)7-13-20(17,18)8-3-4-10-9(5-8)14-11(15)6-19-10/h3-5,13,16H,6-7H2,1-2H3,(H,14,15). The highest BCUT2D eigenvalue weighted by atomic mass is 32.2. The maximum absolute atomic E-state index is 12.1. The van der Waals surface area contributed by atoms with E-state index in [9.17, 15) is 18.3 Å². The predicted molar refractivity (Wildman–Crippen MR) is 72.1 cm³/mol. The maximum atomic E-state index is 12.1. The van der Waals surface area contributed by atoms with Crippen molar-refractivity contribution in [1.82, 2.24) is 4.72 Å². The van der Waals surface area contributed by atoms with E-state index >= 15 is 0 Å². The summed E-state index contributed by atoms with van der Waals surface area (Å²) in [6.07, 6.45) is 0. The summed E-state index contributed by atoms with van der Waals surface area (Å²) in [7, 11) is -3.76. The number of benzene rings is 1. The van der Waals surface area contributed by atoms with Gasteiger partial charge in [-0.1, -0.05) is 0 Å². The van der Waals surface area contributed by atoms with Gasteiger partial charge in [-0.05, 0) is 32.0 Å². The molecule has 1 heterocycles. The molecule has 7 nitrogen and oxygen atoms in total. The first-order chi connectivity index (χ1) is 9.17. The summed E-state index contributed by atoms with van der Waals surface area (Å²) >= 11 is 0. The zero-order valence-electron chi connectivity index (χ0n) is 11.1. The summed E-state index contributed by atoms with van der Waals surface area (Å²) in [5.74, 6) is 0.0857. The third-order valence-electron chi connectivity index (χ3n) is 2.59. The van der Waals surface area contributed by atoms with E-state index in [-0.39, 0.29) is 24.0 Å². The van der Waals surface area contributed by atoms with Crippen molar-refractivity contribution in [3.8, 4) is 5.75 Å². The van der Waals surface area contributed by atoms with Crippen LogP contribution in [0.25, 0.3) is 0 Å². The van der Waals surface area contributed by atoms with Crippen molar-refractivity contribution in [3.63, 3.8) is 0 Å². The fourth-order valence-corrected chi connectivity index (χ4v) is 2.81. The smallest absolute Gasteiger partial charge is 0.262 e. The highest BCUT2D eigenvalue weighted by Crippen LogP contribution is 2.29. The molecule has 1 aliphatic rings. The van der Waals surface area contributed by atoms with Crippen molar-refractivity contribution in [3.05, 3.63) is 18.2 Å². The number of ether oxygens (including phenoxy) is 1. The van der Waals surface area contributed by atoms with Crippen LogP contribution in [0.1, 0.15) is 13.8 Å². The predicted octanol–water partition coefficient (Wildman–Crippen LogP) is 0.0667. The van der Waals surface area contributed by atoms with Crippen LogP contribution in [0.3, 0.4) is 0 Å². The lowest BCUT2D eigenvalue weighted by Crippen LogP contribution is -2.38. The maximum Gasteiger partial charge on any atom is 0.262 e. The van der Waals surface area contributed by atoms with Crippen LogP contribution in [0.15, 0.2) is 23.1 Å². The van der Waals surface area contributed by atoms with Crippen molar-refractivity contribution in [1.29, 1.82) is 0 Å². The fourth-order valence-electron chi connectivity index (χ4n) is 1.58. The van der Waals surface area contributed by atoms with Gasteiger partial charge >= 0.3 is 0 Å². The molecule has 20 heavy (non-hydrogen) atoms. The Morgan fingerprint density at radius 1 is 1.45 bits per heavy atom. The van der Waals surface area contributed by atoms with Crippen LogP contribution in [0.4, 0.5) is 5.69 Å². The summed E-state index contributed by atoms with van der Waals surface area (Å²) in [6.45, 7) is 2.79. The van der Waals surface area contributed by atoms with Gasteiger partial charge in [0.1, 0.15) is 5.75 Å². The lowest BCUT2D eigenvalue weighted by molar-refractivity contribution is -0.118. The first-order valence-corrected chi connectivity index (χ1v) is 7.44. The molecule has 0 bridgehead atoms. The number of aliphatic hydroxyl groups is 1. The molecule has 8 heteroatoms. The van der Waals surface area contributed by atoms with Crippen LogP contribution in [0.5, 0.6) is 5.75 Å². The molecule has 110 valence electrons. The number of fused-ring (bicyclic) bond motifs is 1. The van der Waals surface area contributed by atoms with E-state index < -0.39 is 15.6 Å². The van der Waals surface area contributed by atoms with Crippen LogP contribution < -0.4 is 14.8 Å². The van der Waals surface area contributed by atoms with E-state index in [0.29, 0.717) is 11.4 Å². The highest BCUT2D eigenvalue weighted by molar-refractivity contribution is 7.89. The molecule has 2 rings (SSSR count).